The van der Waals surface area contributed by atoms with Gasteiger partial charge in [0.2, 0.25) is 0 Å². The molecule has 2 fully saturated rings. The van der Waals surface area contributed by atoms with Crippen LogP contribution in [0.5, 0.6) is 11.5 Å². The lowest BCUT2D eigenvalue weighted by Gasteiger charge is -2.41. The molecule has 3 atom stereocenters. The van der Waals surface area contributed by atoms with Gasteiger partial charge in [-0.1, -0.05) is 55.7 Å². The van der Waals surface area contributed by atoms with Crippen molar-refractivity contribution in [3.63, 3.8) is 0 Å². The second-order valence-corrected chi connectivity index (χ2v) is 10.6. The molecule has 6 nitrogen and oxygen atoms in total. The maximum atomic E-state index is 11.6. The fourth-order valence-corrected chi connectivity index (χ4v) is 6.28. The Balaban J connectivity index is 1.20. The van der Waals surface area contributed by atoms with Crippen molar-refractivity contribution in [3.05, 3.63) is 59.7 Å². The summed E-state index contributed by atoms with van der Waals surface area (Å²) in [4.78, 5) is 4.95. The van der Waals surface area contributed by atoms with Crippen molar-refractivity contribution >= 4 is 0 Å². The van der Waals surface area contributed by atoms with E-state index in [1.807, 2.05) is 24.3 Å². The van der Waals surface area contributed by atoms with Gasteiger partial charge in [0.15, 0.2) is 17.7 Å². The number of aliphatic hydroxyl groups excluding tert-OH is 1. The van der Waals surface area contributed by atoms with Crippen LogP contribution >= 0.6 is 0 Å². The maximum absolute atomic E-state index is 11.6. The molecule has 3 aliphatic rings. The Morgan fingerprint density at radius 1 is 0.944 bits per heavy atom. The predicted molar refractivity (Wildman–Crippen MR) is 141 cm³/mol. The van der Waals surface area contributed by atoms with Crippen LogP contribution in [0.3, 0.4) is 0 Å². The van der Waals surface area contributed by atoms with Crippen molar-refractivity contribution in [3.8, 4) is 11.5 Å². The minimum atomic E-state index is -0.294. The topological polar surface area (TPSA) is 54.4 Å². The van der Waals surface area contributed by atoms with Crippen LogP contribution in [0.25, 0.3) is 0 Å². The number of rotatable bonds is 9. The summed E-state index contributed by atoms with van der Waals surface area (Å²) in [7, 11) is 1.75. The molecular weight excluding hydrogens is 452 g/mol. The van der Waals surface area contributed by atoms with Crippen LogP contribution in [0, 0.1) is 5.92 Å². The molecule has 2 aliphatic heterocycles. The Morgan fingerprint density at radius 3 is 2.44 bits per heavy atom. The van der Waals surface area contributed by atoms with Crippen molar-refractivity contribution in [1.29, 1.82) is 0 Å². The maximum Gasteiger partial charge on any atom is 0.187 e. The summed E-state index contributed by atoms with van der Waals surface area (Å²) in [5.74, 6) is 2.22. The molecule has 1 aliphatic carbocycles. The van der Waals surface area contributed by atoms with Crippen LogP contribution in [0.15, 0.2) is 48.5 Å². The zero-order chi connectivity index (χ0) is 24.7. The van der Waals surface area contributed by atoms with Gasteiger partial charge < -0.3 is 24.2 Å². The Bertz CT molecular complexity index is 955. The van der Waals surface area contributed by atoms with Crippen molar-refractivity contribution < 1.29 is 19.3 Å². The fraction of sp³-hybridized carbons (Fsp3) is 0.600. The van der Waals surface area contributed by atoms with Gasteiger partial charge in [-0.3, -0.25) is 4.90 Å². The van der Waals surface area contributed by atoms with Crippen LogP contribution in [0.4, 0.5) is 0 Å². The molecule has 0 amide bonds. The van der Waals surface area contributed by atoms with E-state index >= 15 is 0 Å². The van der Waals surface area contributed by atoms with E-state index in [1.165, 1.54) is 30.4 Å². The first kappa shape index (κ1) is 25.5. The summed E-state index contributed by atoms with van der Waals surface area (Å²) in [6, 6.07) is 16.5. The molecule has 2 aromatic rings. The second kappa shape index (κ2) is 12.4. The number of nitrogens with zero attached hydrogens (tertiary/aromatic N) is 2. The molecule has 5 rings (SSSR count). The molecule has 0 spiro atoms. The third kappa shape index (κ3) is 6.05. The molecule has 196 valence electrons. The zero-order valence-corrected chi connectivity index (χ0v) is 21.7. The van der Waals surface area contributed by atoms with E-state index in [2.05, 4.69) is 34.1 Å². The van der Waals surface area contributed by atoms with Gasteiger partial charge in [0.1, 0.15) is 6.61 Å². The van der Waals surface area contributed by atoms with E-state index in [0.29, 0.717) is 19.1 Å². The number of aliphatic hydroxyl groups is 1. The first-order chi connectivity index (χ1) is 17.7. The average Bonchev–Trinajstić information content (AvgIpc) is 2.94. The highest BCUT2D eigenvalue weighted by atomic mass is 16.6. The number of fused-ring (bicyclic) bond motifs is 1. The Morgan fingerprint density at radius 2 is 1.67 bits per heavy atom. The van der Waals surface area contributed by atoms with E-state index in [1.54, 1.807) is 7.11 Å². The molecule has 0 aromatic heterocycles. The first-order valence-electron chi connectivity index (χ1n) is 13.8. The quantitative estimate of drug-likeness (QED) is 0.547. The largest absolute Gasteiger partial charge is 0.484 e. The van der Waals surface area contributed by atoms with Crippen molar-refractivity contribution in [1.82, 2.24) is 9.80 Å². The third-order valence-corrected chi connectivity index (χ3v) is 8.36. The Hall–Kier alpha value is -2.12. The number of ether oxygens (including phenoxy) is 3. The second-order valence-electron chi connectivity index (χ2n) is 10.6. The van der Waals surface area contributed by atoms with E-state index in [0.717, 1.165) is 63.5 Å². The Kier molecular flexibility index (Phi) is 8.80. The van der Waals surface area contributed by atoms with Gasteiger partial charge in [-0.2, -0.15) is 0 Å². The van der Waals surface area contributed by atoms with E-state index < -0.39 is 0 Å². The summed E-state index contributed by atoms with van der Waals surface area (Å²) in [5.41, 5.74) is 2.47. The lowest BCUT2D eigenvalue weighted by atomic mass is 9.76. The standard InChI is InChI=1S/C30H42N2O4/c1-34-21-24-11-5-6-12-25(24)26(30(33)23-9-3-2-4-10-23)15-16-31-17-19-32(20-18-31)29-22-35-27-13-7-8-14-28(27)36-29/h5-8,11-14,23,26,29-30,33H,2-4,9-10,15-22H2,1H3. The molecule has 1 N–H and O–H groups in total. The molecule has 2 aromatic carbocycles. The normalized spacial score (nSPS) is 23.3. The molecule has 2 heterocycles. The average molecular weight is 495 g/mol. The fourth-order valence-electron chi connectivity index (χ4n) is 6.28. The molecule has 1 saturated carbocycles. The number of methoxy groups -OCH3 is 1. The van der Waals surface area contributed by atoms with Gasteiger partial charge in [-0.15, -0.1) is 0 Å². The zero-order valence-electron chi connectivity index (χ0n) is 21.7. The van der Waals surface area contributed by atoms with Crippen LogP contribution in [0.1, 0.15) is 55.6 Å². The first-order valence-corrected chi connectivity index (χ1v) is 13.8. The van der Waals surface area contributed by atoms with E-state index in [-0.39, 0.29) is 18.2 Å². The number of benzene rings is 2. The predicted octanol–water partition coefficient (Wildman–Crippen LogP) is 4.66. The molecule has 0 bridgehead atoms. The minimum Gasteiger partial charge on any atom is -0.484 e. The minimum absolute atomic E-state index is 0.0242. The van der Waals surface area contributed by atoms with Crippen LogP contribution in [-0.4, -0.2) is 73.7 Å². The monoisotopic (exact) mass is 494 g/mol. The summed E-state index contributed by atoms with van der Waals surface area (Å²) >= 11 is 0. The summed E-state index contributed by atoms with van der Waals surface area (Å²) in [6.07, 6.45) is 6.74. The molecule has 3 unspecified atom stereocenters. The van der Waals surface area contributed by atoms with Gasteiger partial charge in [-0.05, 0) is 55.0 Å². The summed E-state index contributed by atoms with van der Waals surface area (Å²) in [6.45, 7) is 6.10. The van der Waals surface area contributed by atoms with Gasteiger partial charge >= 0.3 is 0 Å². The van der Waals surface area contributed by atoms with Gasteiger partial charge in [0.25, 0.3) is 0 Å². The number of hydrogen-bond donors (Lipinski definition) is 1. The van der Waals surface area contributed by atoms with Crippen LogP contribution in [-0.2, 0) is 11.3 Å². The number of hydrogen-bond acceptors (Lipinski definition) is 6. The van der Waals surface area contributed by atoms with Crippen molar-refractivity contribution in [2.75, 3.05) is 46.4 Å². The lowest BCUT2D eigenvalue weighted by molar-refractivity contribution is -0.0500. The van der Waals surface area contributed by atoms with E-state index in [9.17, 15) is 5.11 Å². The highest BCUT2D eigenvalue weighted by Crippen LogP contribution is 2.37. The van der Waals surface area contributed by atoms with Crippen molar-refractivity contribution in [2.24, 2.45) is 5.92 Å². The molecule has 36 heavy (non-hydrogen) atoms. The van der Waals surface area contributed by atoms with E-state index in [4.69, 9.17) is 14.2 Å². The van der Waals surface area contributed by atoms with Crippen LogP contribution in [0.2, 0.25) is 0 Å². The molecular formula is C30H42N2O4. The Labute approximate surface area is 216 Å². The van der Waals surface area contributed by atoms with Crippen molar-refractivity contribution in [2.45, 2.75) is 63.4 Å². The lowest BCUT2D eigenvalue weighted by Crippen LogP contribution is -2.54. The highest BCUT2D eigenvalue weighted by molar-refractivity contribution is 5.40. The smallest absolute Gasteiger partial charge is 0.187 e. The SMILES string of the molecule is COCc1ccccc1C(CCN1CCN(C2COc3ccccc3O2)CC1)C(O)C1CCCCC1. The molecule has 1 saturated heterocycles. The van der Waals surface area contributed by atoms with Gasteiger partial charge in [0.05, 0.1) is 12.7 Å². The van der Waals surface area contributed by atoms with Gasteiger partial charge in [-0.25, -0.2) is 0 Å². The molecule has 0 radical (unpaired) electrons. The summed E-state index contributed by atoms with van der Waals surface area (Å²) in [5, 5.41) is 11.6. The number of piperazine rings is 1. The summed E-state index contributed by atoms with van der Waals surface area (Å²) < 4.78 is 17.7. The van der Waals surface area contributed by atoms with Crippen LogP contribution < -0.4 is 9.47 Å². The highest BCUT2D eigenvalue weighted by Gasteiger charge is 2.33. The number of para-hydroxylation sites is 2. The third-order valence-electron chi connectivity index (χ3n) is 8.36. The molecule has 6 heteroatoms. The van der Waals surface area contributed by atoms with Gasteiger partial charge in [0, 0.05) is 39.2 Å².